The molecular formula is C13H28N2. The molecule has 2 heteroatoms. The zero-order chi connectivity index (χ0) is 10.1. The topological polar surface area (TPSA) is 38.2 Å². The minimum absolute atomic E-state index is 0. The standard InChI is InChI=1S/C10H16.C3H9N.H3N/c1-7-2-9-4-8(1)5-10(3-7)6-9;1-4(2)3;/h7-10H,1-6H2;1-3H3;1H3. The van der Waals surface area contributed by atoms with Crippen molar-refractivity contribution >= 4 is 0 Å². The van der Waals surface area contributed by atoms with E-state index in [9.17, 15) is 0 Å². The number of nitrogens with zero attached hydrogens (tertiary/aromatic N) is 1. The van der Waals surface area contributed by atoms with E-state index < -0.39 is 0 Å². The fourth-order valence-corrected chi connectivity index (χ4v) is 3.98. The van der Waals surface area contributed by atoms with Crippen molar-refractivity contribution in [3.8, 4) is 0 Å². The first-order valence-electron chi connectivity index (χ1n) is 6.24. The van der Waals surface area contributed by atoms with Crippen molar-refractivity contribution < 1.29 is 0 Å². The summed E-state index contributed by atoms with van der Waals surface area (Å²) >= 11 is 0. The molecule has 4 rings (SSSR count). The van der Waals surface area contributed by atoms with Crippen LogP contribution in [0.2, 0.25) is 0 Å². The predicted molar refractivity (Wildman–Crippen MR) is 66.3 cm³/mol. The van der Waals surface area contributed by atoms with E-state index in [0.717, 1.165) is 0 Å². The van der Waals surface area contributed by atoms with Gasteiger partial charge in [-0.25, -0.2) is 0 Å². The molecule has 15 heavy (non-hydrogen) atoms. The third kappa shape index (κ3) is 3.46. The lowest BCUT2D eigenvalue weighted by atomic mass is 9.56. The van der Waals surface area contributed by atoms with Crippen LogP contribution in [0.1, 0.15) is 38.5 Å². The van der Waals surface area contributed by atoms with Gasteiger partial charge in [-0.2, -0.15) is 0 Å². The van der Waals surface area contributed by atoms with Gasteiger partial charge in [-0.05, 0) is 83.3 Å². The monoisotopic (exact) mass is 212 g/mol. The molecule has 4 aliphatic rings. The van der Waals surface area contributed by atoms with Crippen molar-refractivity contribution in [1.29, 1.82) is 0 Å². The molecular weight excluding hydrogens is 184 g/mol. The van der Waals surface area contributed by atoms with Crippen LogP contribution in [0.15, 0.2) is 0 Å². The van der Waals surface area contributed by atoms with E-state index in [4.69, 9.17) is 0 Å². The predicted octanol–water partition coefficient (Wildman–Crippen LogP) is 3.17. The molecule has 0 aromatic carbocycles. The van der Waals surface area contributed by atoms with Crippen LogP contribution in [0.4, 0.5) is 0 Å². The van der Waals surface area contributed by atoms with Crippen LogP contribution in [0.5, 0.6) is 0 Å². The highest BCUT2D eigenvalue weighted by Gasteiger charge is 2.41. The number of rotatable bonds is 0. The summed E-state index contributed by atoms with van der Waals surface area (Å²) in [6.45, 7) is 0. The van der Waals surface area contributed by atoms with Gasteiger partial charge in [-0.1, -0.05) is 0 Å². The second-order valence-corrected chi connectivity index (χ2v) is 6.22. The molecule has 0 unspecified atom stereocenters. The fourth-order valence-electron chi connectivity index (χ4n) is 3.98. The van der Waals surface area contributed by atoms with Crippen LogP contribution in [0.25, 0.3) is 0 Å². The average molecular weight is 212 g/mol. The van der Waals surface area contributed by atoms with Crippen molar-refractivity contribution in [2.75, 3.05) is 21.1 Å². The van der Waals surface area contributed by atoms with Crippen molar-refractivity contribution in [1.82, 2.24) is 11.1 Å². The number of hydrogen-bond acceptors (Lipinski definition) is 2. The largest absolute Gasteiger partial charge is 0.344 e. The van der Waals surface area contributed by atoms with Gasteiger partial charge in [0.25, 0.3) is 0 Å². The summed E-state index contributed by atoms with van der Waals surface area (Å²) in [5.74, 6) is 4.71. The quantitative estimate of drug-likeness (QED) is 0.670. The van der Waals surface area contributed by atoms with E-state index in [-0.39, 0.29) is 6.15 Å². The molecule has 0 aromatic rings. The van der Waals surface area contributed by atoms with E-state index >= 15 is 0 Å². The first kappa shape index (κ1) is 13.0. The maximum Gasteiger partial charge on any atom is -0.0140 e. The Labute approximate surface area is 95.0 Å². The maximum atomic E-state index is 2.00. The average Bonchev–Trinajstić information content (AvgIpc) is 1.98. The maximum absolute atomic E-state index is 2.00. The smallest absolute Gasteiger partial charge is 0.0140 e. The molecule has 3 N–H and O–H groups in total. The molecule has 0 heterocycles. The molecule has 4 fully saturated rings. The third-order valence-corrected chi connectivity index (χ3v) is 4.00. The zero-order valence-corrected chi connectivity index (χ0v) is 10.7. The lowest BCUT2D eigenvalue weighted by molar-refractivity contribution is 0.0198. The van der Waals surface area contributed by atoms with Gasteiger partial charge in [0.2, 0.25) is 0 Å². The van der Waals surface area contributed by atoms with Crippen LogP contribution >= 0.6 is 0 Å². The zero-order valence-electron chi connectivity index (χ0n) is 10.7. The Hall–Kier alpha value is -0.0800. The van der Waals surface area contributed by atoms with Gasteiger partial charge in [0.1, 0.15) is 0 Å². The van der Waals surface area contributed by atoms with Crippen LogP contribution in [0, 0.1) is 23.7 Å². The summed E-state index contributed by atoms with van der Waals surface area (Å²) in [5, 5.41) is 0. The highest BCUT2D eigenvalue weighted by Crippen LogP contribution is 2.53. The molecule has 90 valence electrons. The summed E-state index contributed by atoms with van der Waals surface area (Å²) < 4.78 is 0. The summed E-state index contributed by atoms with van der Waals surface area (Å²) in [7, 11) is 6.00. The van der Waals surface area contributed by atoms with Gasteiger partial charge in [0.05, 0.1) is 0 Å². The van der Waals surface area contributed by atoms with Gasteiger partial charge in [0.15, 0.2) is 0 Å². The van der Waals surface area contributed by atoms with Crippen LogP contribution in [-0.2, 0) is 0 Å². The van der Waals surface area contributed by atoms with Crippen molar-refractivity contribution in [3.05, 3.63) is 0 Å². The highest BCUT2D eigenvalue weighted by atomic mass is 15.0. The third-order valence-electron chi connectivity index (χ3n) is 4.00. The van der Waals surface area contributed by atoms with E-state index in [1.165, 1.54) is 23.7 Å². The Balaban J connectivity index is 0.000000200. The normalized spacial score (nSPS) is 40.8. The molecule has 0 aliphatic heterocycles. The first-order valence-corrected chi connectivity index (χ1v) is 6.24. The van der Waals surface area contributed by atoms with Gasteiger partial charge in [-0.15, -0.1) is 0 Å². The lowest BCUT2D eigenvalue weighted by Gasteiger charge is -2.49. The molecule has 0 amide bonds. The molecule has 0 atom stereocenters. The number of hydrogen-bond donors (Lipinski definition) is 1. The van der Waals surface area contributed by atoms with Crippen LogP contribution in [0.3, 0.4) is 0 Å². The van der Waals surface area contributed by atoms with E-state index in [2.05, 4.69) is 0 Å². The summed E-state index contributed by atoms with van der Waals surface area (Å²) in [5.41, 5.74) is 0. The Morgan fingerprint density at radius 3 is 0.867 bits per heavy atom. The Morgan fingerprint density at radius 1 is 0.600 bits per heavy atom. The molecule has 4 bridgehead atoms. The van der Waals surface area contributed by atoms with Gasteiger partial charge in [0, 0.05) is 0 Å². The minimum Gasteiger partial charge on any atom is -0.344 e. The first-order chi connectivity index (χ1) is 6.63. The summed E-state index contributed by atoms with van der Waals surface area (Å²) in [4.78, 5) is 2.00. The van der Waals surface area contributed by atoms with Gasteiger partial charge >= 0.3 is 0 Å². The fraction of sp³-hybridized carbons (Fsp3) is 1.00. The van der Waals surface area contributed by atoms with E-state index in [0.29, 0.717) is 0 Å². The highest BCUT2D eigenvalue weighted by molar-refractivity contribution is 4.92. The molecule has 4 aliphatic carbocycles. The summed E-state index contributed by atoms with van der Waals surface area (Å²) in [6.07, 6.45) is 9.62. The lowest BCUT2D eigenvalue weighted by Crippen LogP contribution is -2.38. The van der Waals surface area contributed by atoms with Crippen molar-refractivity contribution in [3.63, 3.8) is 0 Å². The molecule has 0 aromatic heterocycles. The molecule has 4 saturated carbocycles. The van der Waals surface area contributed by atoms with Crippen molar-refractivity contribution in [2.45, 2.75) is 38.5 Å². The van der Waals surface area contributed by atoms with Gasteiger partial charge < -0.3 is 11.1 Å². The van der Waals surface area contributed by atoms with E-state index in [1.807, 2.05) is 26.0 Å². The summed E-state index contributed by atoms with van der Waals surface area (Å²) in [6, 6.07) is 0. The van der Waals surface area contributed by atoms with Crippen LogP contribution in [-0.4, -0.2) is 26.0 Å². The Morgan fingerprint density at radius 2 is 0.733 bits per heavy atom. The molecule has 0 spiro atoms. The minimum atomic E-state index is 0. The van der Waals surface area contributed by atoms with E-state index in [1.54, 1.807) is 38.5 Å². The SMILES string of the molecule is C1C2CC3CC1CC(C2)C3.CN(C)C.N. The Kier molecular flexibility index (Phi) is 4.60. The molecule has 0 saturated heterocycles. The van der Waals surface area contributed by atoms with Crippen molar-refractivity contribution in [2.24, 2.45) is 23.7 Å². The van der Waals surface area contributed by atoms with Gasteiger partial charge in [-0.3, -0.25) is 0 Å². The Bertz CT molecular complexity index is 130. The second kappa shape index (κ2) is 5.31. The van der Waals surface area contributed by atoms with Crippen LogP contribution < -0.4 is 6.15 Å². The second-order valence-electron chi connectivity index (χ2n) is 6.22. The molecule has 0 radical (unpaired) electrons. The molecule has 2 nitrogen and oxygen atoms in total.